The van der Waals surface area contributed by atoms with Gasteiger partial charge in [-0.2, -0.15) is 0 Å². The Labute approximate surface area is 146 Å². The fourth-order valence-electron chi connectivity index (χ4n) is 1.83. The number of nitrogens with one attached hydrogen (secondary N) is 1. The number of thiophene rings is 1. The summed E-state index contributed by atoms with van der Waals surface area (Å²) in [6, 6.07) is 13.6. The summed E-state index contributed by atoms with van der Waals surface area (Å²) in [5, 5.41) is 14.0. The lowest BCUT2D eigenvalue weighted by atomic mass is 10.2. The van der Waals surface area contributed by atoms with Gasteiger partial charge in [-0.05, 0) is 23.1 Å². The van der Waals surface area contributed by atoms with Crippen molar-refractivity contribution in [1.29, 1.82) is 0 Å². The lowest BCUT2D eigenvalue weighted by Gasteiger charge is -2.01. The monoisotopic (exact) mass is 361 g/mol. The number of carbonyl (C=O) groups is 1. The molecule has 1 amide bonds. The number of rotatable bonds is 5. The fraction of sp³-hybridized carbons (Fsp3) is 0.0625. The van der Waals surface area contributed by atoms with Crippen LogP contribution in [0.25, 0.3) is 11.1 Å². The van der Waals surface area contributed by atoms with Crippen LogP contribution in [0.5, 0.6) is 0 Å². The van der Waals surface area contributed by atoms with Crippen LogP contribution in [0, 0.1) is 0 Å². The van der Waals surface area contributed by atoms with Crippen molar-refractivity contribution >= 4 is 51.3 Å². The molecule has 0 saturated heterocycles. The molecule has 0 aliphatic heterocycles. The van der Waals surface area contributed by atoms with Gasteiger partial charge in [-0.3, -0.25) is 4.79 Å². The van der Waals surface area contributed by atoms with Crippen LogP contribution in [-0.2, 0) is 6.54 Å². The summed E-state index contributed by atoms with van der Waals surface area (Å²) in [4.78, 5) is 13.1. The lowest BCUT2D eigenvalue weighted by Crippen LogP contribution is -2.22. The zero-order valence-electron chi connectivity index (χ0n) is 11.9. The molecule has 0 aliphatic rings. The maximum atomic E-state index is 12.1. The third-order valence-corrected chi connectivity index (χ3v) is 5.11. The molecule has 0 fully saturated rings. The van der Waals surface area contributed by atoms with Gasteiger partial charge >= 0.3 is 0 Å². The van der Waals surface area contributed by atoms with Crippen LogP contribution < -0.4 is 5.32 Å². The molecule has 0 unspecified atom stereocenters. The Morgan fingerprint density at radius 3 is 2.65 bits per heavy atom. The first-order valence-electron chi connectivity index (χ1n) is 6.79. The van der Waals surface area contributed by atoms with Crippen molar-refractivity contribution in [3.8, 4) is 0 Å². The van der Waals surface area contributed by atoms with E-state index in [0.29, 0.717) is 21.6 Å². The number of hydrogen-bond acceptors (Lipinski definition) is 5. The molecular weight excluding hydrogens is 350 g/mol. The van der Waals surface area contributed by atoms with Gasteiger partial charge in [0, 0.05) is 11.4 Å². The van der Waals surface area contributed by atoms with E-state index < -0.39 is 0 Å². The minimum atomic E-state index is -0.252. The zero-order chi connectivity index (χ0) is 16.1. The van der Waals surface area contributed by atoms with Gasteiger partial charge in [0.05, 0.1) is 5.03 Å². The molecule has 4 nitrogen and oxygen atoms in total. The molecule has 23 heavy (non-hydrogen) atoms. The normalized spacial score (nSPS) is 11.4. The minimum absolute atomic E-state index is 0.252. The van der Waals surface area contributed by atoms with Gasteiger partial charge in [-0.1, -0.05) is 59.3 Å². The summed E-state index contributed by atoms with van der Waals surface area (Å²) in [7, 11) is 0. The molecule has 1 N–H and O–H groups in total. The van der Waals surface area contributed by atoms with Crippen LogP contribution in [0.15, 0.2) is 47.8 Å². The minimum Gasteiger partial charge on any atom is -0.346 e. The predicted octanol–water partition coefficient (Wildman–Crippen LogP) is 4.27. The van der Waals surface area contributed by atoms with Gasteiger partial charge in [0.2, 0.25) is 5.01 Å². The molecule has 7 heteroatoms. The average Bonchev–Trinajstić information content (AvgIpc) is 3.25. The summed E-state index contributed by atoms with van der Waals surface area (Å²) in [5.41, 5.74) is 1.03. The van der Waals surface area contributed by atoms with Crippen LogP contribution in [0.4, 0.5) is 0 Å². The molecule has 2 heterocycles. The van der Waals surface area contributed by atoms with Crippen molar-refractivity contribution in [2.75, 3.05) is 0 Å². The number of benzene rings is 1. The zero-order valence-corrected chi connectivity index (χ0v) is 14.3. The van der Waals surface area contributed by atoms with Crippen LogP contribution in [0.3, 0.4) is 0 Å². The van der Waals surface area contributed by atoms with E-state index in [0.717, 1.165) is 10.4 Å². The van der Waals surface area contributed by atoms with Crippen LogP contribution in [-0.4, -0.2) is 16.1 Å². The number of carbonyl (C=O) groups excluding carboxylic acids is 1. The van der Waals surface area contributed by atoms with Gasteiger partial charge in [-0.15, -0.1) is 21.5 Å². The van der Waals surface area contributed by atoms with Crippen molar-refractivity contribution in [2.45, 2.75) is 6.54 Å². The Hall–Kier alpha value is -2.02. The third-order valence-electron chi connectivity index (χ3n) is 2.93. The van der Waals surface area contributed by atoms with Gasteiger partial charge in [0.1, 0.15) is 0 Å². The highest BCUT2D eigenvalue weighted by Crippen LogP contribution is 2.26. The van der Waals surface area contributed by atoms with Crippen LogP contribution in [0.2, 0.25) is 0 Å². The van der Waals surface area contributed by atoms with Gasteiger partial charge in [-0.25, -0.2) is 0 Å². The smallest absolute Gasteiger partial charge is 0.282 e. The van der Waals surface area contributed by atoms with E-state index in [1.807, 2.05) is 53.9 Å². The van der Waals surface area contributed by atoms with E-state index in [4.69, 9.17) is 11.6 Å². The maximum Gasteiger partial charge on any atom is 0.282 e. The highest BCUT2D eigenvalue weighted by atomic mass is 35.5. The third kappa shape index (κ3) is 4.25. The second-order valence-electron chi connectivity index (χ2n) is 4.59. The first-order chi connectivity index (χ1) is 11.2. The molecule has 2 aromatic heterocycles. The summed E-state index contributed by atoms with van der Waals surface area (Å²) in [5.74, 6) is -0.252. The van der Waals surface area contributed by atoms with Crippen molar-refractivity contribution in [2.24, 2.45) is 0 Å². The number of amides is 1. The van der Waals surface area contributed by atoms with Crippen molar-refractivity contribution < 1.29 is 4.79 Å². The number of hydrogen-bond donors (Lipinski definition) is 1. The molecular formula is C16H12ClN3OS2. The lowest BCUT2D eigenvalue weighted by molar-refractivity contribution is 0.0950. The molecule has 0 atom stereocenters. The van der Waals surface area contributed by atoms with E-state index in [1.54, 1.807) is 11.3 Å². The van der Waals surface area contributed by atoms with Crippen molar-refractivity contribution in [3.05, 3.63) is 68.3 Å². The number of aromatic nitrogens is 2. The Morgan fingerprint density at radius 2 is 1.91 bits per heavy atom. The predicted molar refractivity (Wildman–Crippen MR) is 95.6 cm³/mol. The van der Waals surface area contributed by atoms with E-state index in [-0.39, 0.29) is 5.91 Å². The molecule has 1 aromatic carbocycles. The van der Waals surface area contributed by atoms with Crippen molar-refractivity contribution in [1.82, 2.24) is 15.5 Å². The molecule has 0 saturated carbocycles. The van der Waals surface area contributed by atoms with Crippen LogP contribution in [0.1, 0.15) is 25.3 Å². The summed E-state index contributed by atoms with van der Waals surface area (Å²) >= 11 is 8.99. The quantitative estimate of drug-likeness (QED) is 0.738. The van der Waals surface area contributed by atoms with E-state index in [9.17, 15) is 4.79 Å². The molecule has 0 radical (unpaired) electrons. The Morgan fingerprint density at radius 1 is 1.13 bits per heavy atom. The SMILES string of the molecule is O=C(NCc1ccccc1)c1nnc(C(Cl)=Cc2cccs2)s1. The Kier molecular flexibility index (Phi) is 5.17. The first-order valence-corrected chi connectivity index (χ1v) is 8.86. The van der Waals surface area contributed by atoms with E-state index in [2.05, 4.69) is 15.5 Å². The van der Waals surface area contributed by atoms with Gasteiger partial charge < -0.3 is 5.32 Å². The second-order valence-corrected chi connectivity index (χ2v) is 6.95. The summed E-state index contributed by atoms with van der Waals surface area (Å²) < 4.78 is 0. The summed E-state index contributed by atoms with van der Waals surface area (Å²) in [6.45, 7) is 0.452. The average molecular weight is 362 g/mol. The highest BCUT2D eigenvalue weighted by Gasteiger charge is 2.14. The Balaban J connectivity index is 1.65. The molecule has 0 bridgehead atoms. The van der Waals surface area contributed by atoms with Gasteiger partial charge in [0.25, 0.3) is 5.91 Å². The number of halogens is 1. The molecule has 116 valence electrons. The highest BCUT2D eigenvalue weighted by molar-refractivity contribution is 7.15. The Bertz CT molecular complexity index is 813. The fourth-order valence-corrected chi connectivity index (χ4v) is 3.49. The molecule has 3 aromatic rings. The largest absolute Gasteiger partial charge is 0.346 e. The molecule has 0 aliphatic carbocycles. The molecule has 3 rings (SSSR count). The first kappa shape index (κ1) is 15.9. The topological polar surface area (TPSA) is 54.9 Å². The van der Waals surface area contributed by atoms with E-state index in [1.165, 1.54) is 11.3 Å². The molecule has 0 spiro atoms. The van der Waals surface area contributed by atoms with E-state index >= 15 is 0 Å². The standard InChI is InChI=1S/C16H12ClN3OS2/c17-13(9-12-7-4-8-22-12)15-19-20-16(23-15)14(21)18-10-11-5-2-1-3-6-11/h1-9H,10H2,(H,18,21). The van der Waals surface area contributed by atoms with Crippen LogP contribution >= 0.6 is 34.3 Å². The second kappa shape index (κ2) is 7.50. The summed E-state index contributed by atoms with van der Waals surface area (Å²) in [6.07, 6.45) is 1.82. The van der Waals surface area contributed by atoms with Gasteiger partial charge in [0.15, 0.2) is 5.01 Å². The number of nitrogens with zero attached hydrogens (tertiary/aromatic N) is 2. The maximum absolute atomic E-state index is 12.1. The van der Waals surface area contributed by atoms with Crippen molar-refractivity contribution in [3.63, 3.8) is 0 Å².